The quantitative estimate of drug-likeness (QED) is 0.365. The van der Waals surface area contributed by atoms with Crippen LogP contribution in [0.4, 0.5) is 5.69 Å². The van der Waals surface area contributed by atoms with Gasteiger partial charge in [0, 0.05) is 40.0 Å². The van der Waals surface area contributed by atoms with Crippen LogP contribution < -0.4 is 15.4 Å². The molecule has 176 valence electrons. The molecule has 0 fully saturated rings. The Bertz CT molecular complexity index is 1020. The van der Waals surface area contributed by atoms with E-state index in [1.54, 1.807) is 37.5 Å². The molecule has 0 aromatic heterocycles. The number of ether oxygens (including phenoxy) is 1. The van der Waals surface area contributed by atoms with Gasteiger partial charge in [-0.2, -0.15) is 0 Å². The standard InChI is InChI=1S/C28H36N2O3/c1-6-8-20(9-7-2)27(32)29-22-13-10-19(11-14-22)26(31)17-25-24-16-23(33-5)15-12-21(24)18-28(3,4)30-25/h10-17,20,30H,6-9,18H2,1-5H3,(H,29,32). The van der Waals surface area contributed by atoms with Crippen LogP contribution in [0.2, 0.25) is 0 Å². The van der Waals surface area contributed by atoms with Gasteiger partial charge in [-0.15, -0.1) is 0 Å². The number of hydrogen-bond donors (Lipinski definition) is 2. The zero-order valence-electron chi connectivity index (χ0n) is 20.5. The minimum atomic E-state index is -0.157. The molecule has 0 unspecified atom stereocenters. The first kappa shape index (κ1) is 24.6. The summed E-state index contributed by atoms with van der Waals surface area (Å²) >= 11 is 0. The number of fused-ring (bicyclic) bond motifs is 1. The number of nitrogens with one attached hydrogen (secondary N) is 2. The maximum atomic E-state index is 13.1. The van der Waals surface area contributed by atoms with Crippen molar-refractivity contribution in [2.75, 3.05) is 12.4 Å². The number of amides is 1. The predicted octanol–water partition coefficient (Wildman–Crippen LogP) is 6.00. The van der Waals surface area contributed by atoms with Crippen LogP contribution in [0.1, 0.15) is 74.9 Å². The number of ketones is 1. The van der Waals surface area contributed by atoms with Crippen molar-refractivity contribution in [3.8, 4) is 5.75 Å². The summed E-state index contributed by atoms with van der Waals surface area (Å²) in [4.78, 5) is 25.7. The van der Waals surface area contributed by atoms with E-state index in [1.165, 1.54) is 5.56 Å². The van der Waals surface area contributed by atoms with Crippen molar-refractivity contribution in [3.63, 3.8) is 0 Å². The third-order valence-corrected chi connectivity index (χ3v) is 6.07. The third-order valence-electron chi connectivity index (χ3n) is 6.07. The smallest absolute Gasteiger partial charge is 0.227 e. The molecule has 2 aromatic carbocycles. The Hall–Kier alpha value is -3.08. The molecule has 1 amide bonds. The van der Waals surface area contributed by atoms with Crippen molar-refractivity contribution in [2.45, 2.75) is 65.3 Å². The first-order chi connectivity index (χ1) is 15.8. The molecular weight excluding hydrogens is 412 g/mol. The van der Waals surface area contributed by atoms with Crippen molar-refractivity contribution < 1.29 is 14.3 Å². The molecule has 0 aliphatic carbocycles. The van der Waals surface area contributed by atoms with E-state index in [0.29, 0.717) is 11.3 Å². The normalized spacial score (nSPS) is 15.6. The molecule has 0 atom stereocenters. The average molecular weight is 449 g/mol. The number of anilines is 1. The maximum absolute atomic E-state index is 13.1. The summed E-state index contributed by atoms with van der Waals surface area (Å²) in [5, 5.41) is 6.51. The van der Waals surface area contributed by atoms with E-state index in [-0.39, 0.29) is 23.1 Å². The van der Waals surface area contributed by atoms with Gasteiger partial charge >= 0.3 is 0 Å². The van der Waals surface area contributed by atoms with Crippen molar-refractivity contribution in [1.29, 1.82) is 0 Å². The Morgan fingerprint density at radius 2 is 1.76 bits per heavy atom. The fourth-order valence-electron chi connectivity index (χ4n) is 4.43. The van der Waals surface area contributed by atoms with E-state index in [1.807, 2.05) is 12.1 Å². The summed E-state index contributed by atoms with van der Waals surface area (Å²) in [6.07, 6.45) is 6.27. The summed E-state index contributed by atoms with van der Waals surface area (Å²) in [7, 11) is 1.64. The molecule has 5 heteroatoms. The zero-order chi connectivity index (χ0) is 24.0. The van der Waals surface area contributed by atoms with E-state index < -0.39 is 0 Å². The van der Waals surface area contributed by atoms with Crippen molar-refractivity contribution in [3.05, 3.63) is 65.2 Å². The third kappa shape index (κ3) is 6.25. The van der Waals surface area contributed by atoms with Crippen LogP contribution in [0.3, 0.4) is 0 Å². The van der Waals surface area contributed by atoms with Crippen molar-refractivity contribution >= 4 is 23.1 Å². The van der Waals surface area contributed by atoms with E-state index in [0.717, 1.165) is 49.1 Å². The van der Waals surface area contributed by atoms with E-state index in [2.05, 4.69) is 44.4 Å². The number of benzene rings is 2. The highest BCUT2D eigenvalue weighted by Gasteiger charge is 2.28. The molecule has 3 rings (SSSR count). The summed E-state index contributed by atoms with van der Waals surface area (Å²) in [5.74, 6) is 0.762. The Balaban J connectivity index is 1.79. The maximum Gasteiger partial charge on any atom is 0.227 e. The van der Waals surface area contributed by atoms with E-state index >= 15 is 0 Å². The largest absolute Gasteiger partial charge is 0.497 e. The Labute approximate surface area is 197 Å². The van der Waals surface area contributed by atoms with Gasteiger partial charge < -0.3 is 15.4 Å². The van der Waals surface area contributed by atoms with Crippen LogP contribution in [-0.2, 0) is 11.2 Å². The first-order valence-electron chi connectivity index (χ1n) is 11.9. The van der Waals surface area contributed by atoms with Gasteiger partial charge in [0.1, 0.15) is 5.75 Å². The molecule has 0 bridgehead atoms. The monoisotopic (exact) mass is 448 g/mol. The molecule has 2 aromatic rings. The van der Waals surface area contributed by atoms with Gasteiger partial charge in [0.15, 0.2) is 5.78 Å². The van der Waals surface area contributed by atoms with Gasteiger partial charge in [-0.3, -0.25) is 9.59 Å². The fourth-order valence-corrected chi connectivity index (χ4v) is 4.43. The minimum absolute atomic E-state index is 0.0313. The lowest BCUT2D eigenvalue weighted by Gasteiger charge is -2.35. The molecule has 33 heavy (non-hydrogen) atoms. The highest BCUT2D eigenvalue weighted by molar-refractivity contribution is 6.09. The molecule has 2 N–H and O–H groups in total. The molecule has 1 heterocycles. The second-order valence-corrected chi connectivity index (χ2v) is 9.47. The highest BCUT2D eigenvalue weighted by Crippen LogP contribution is 2.32. The molecule has 5 nitrogen and oxygen atoms in total. The molecule has 0 spiro atoms. The number of allylic oxidation sites excluding steroid dienone is 1. The number of rotatable bonds is 9. The van der Waals surface area contributed by atoms with Gasteiger partial charge in [-0.1, -0.05) is 32.8 Å². The fraction of sp³-hybridized carbons (Fsp3) is 0.429. The van der Waals surface area contributed by atoms with Crippen LogP contribution >= 0.6 is 0 Å². The van der Waals surface area contributed by atoms with E-state index in [4.69, 9.17) is 4.74 Å². The lowest BCUT2D eigenvalue weighted by Crippen LogP contribution is -2.43. The van der Waals surface area contributed by atoms with Crippen LogP contribution in [0.15, 0.2) is 48.5 Å². The lowest BCUT2D eigenvalue weighted by atomic mass is 9.85. The van der Waals surface area contributed by atoms with E-state index in [9.17, 15) is 9.59 Å². The summed E-state index contributed by atoms with van der Waals surface area (Å²) < 4.78 is 5.39. The van der Waals surface area contributed by atoms with Crippen LogP contribution in [-0.4, -0.2) is 24.3 Å². The SMILES string of the molecule is CCCC(CCC)C(=O)Nc1ccc(C(=O)C=C2NC(C)(C)Cc3ccc(OC)cc32)cc1. The Morgan fingerprint density at radius 3 is 2.36 bits per heavy atom. The Morgan fingerprint density at radius 1 is 1.09 bits per heavy atom. The van der Waals surface area contributed by atoms with Crippen molar-refractivity contribution in [2.24, 2.45) is 5.92 Å². The van der Waals surface area contributed by atoms with Gasteiger partial charge in [-0.05, 0) is 75.1 Å². The number of methoxy groups -OCH3 is 1. The van der Waals surface area contributed by atoms with Crippen LogP contribution in [0.25, 0.3) is 5.70 Å². The minimum Gasteiger partial charge on any atom is -0.497 e. The number of hydrogen-bond acceptors (Lipinski definition) is 4. The number of carbonyl (C=O) groups excluding carboxylic acids is 2. The van der Waals surface area contributed by atoms with Gasteiger partial charge in [0.25, 0.3) is 0 Å². The van der Waals surface area contributed by atoms with Gasteiger partial charge in [0.05, 0.1) is 7.11 Å². The molecule has 0 saturated heterocycles. The molecule has 0 saturated carbocycles. The average Bonchev–Trinajstić information content (AvgIpc) is 2.78. The summed E-state index contributed by atoms with van der Waals surface area (Å²) in [6.45, 7) is 8.45. The predicted molar refractivity (Wildman–Crippen MR) is 135 cm³/mol. The van der Waals surface area contributed by atoms with Gasteiger partial charge in [0.2, 0.25) is 5.91 Å². The first-order valence-corrected chi connectivity index (χ1v) is 11.9. The molecule has 1 aliphatic rings. The highest BCUT2D eigenvalue weighted by atomic mass is 16.5. The second kappa shape index (κ2) is 10.7. The second-order valence-electron chi connectivity index (χ2n) is 9.47. The zero-order valence-corrected chi connectivity index (χ0v) is 20.5. The molecule has 0 radical (unpaired) electrons. The lowest BCUT2D eigenvalue weighted by molar-refractivity contribution is -0.120. The van der Waals surface area contributed by atoms with Crippen molar-refractivity contribution in [1.82, 2.24) is 5.32 Å². The number of carbonyl (C=O) groups is 2. The molecule has 1 aliphatic heterocycles. The topological polar surface area (TPSA) is 67.4 Å². The van der Waals surface area contributed by atoms with Gasteiger partial charge in [-0.25, -0.2) is 0 Å². The Kier molecular flexibility index (Phi) is 7.96. The van der Waals surface area contributed by atoms with Crippen LogP contribution in [0.5, 0.6) is 5.75 Å². The summed E-state index contributed by atoms with van der Waals surface area (Å²) in [6, 6.07) is 13.1. The molecular formula is C28H36N2O3. The van der Waals surface area contributed by atoms with Crippen LogP contribution in [0, 0.1) is 5.92 Å². The summed E-state index contributed by atoms with van der Waals surface area (Å²) in [5.41, 5.74) is 4.11.